The highest BCUT2D eigenvalue weighted by Gasteiger charge is 2.28. The molecule has 3 rings (SSSR count). The van der Waals surface area contributed by atoms with Crippen LogP contribution >= 0.6 is 23.1 Å². The molecule has 0 spiro atoms. The first-order valence-electron chi connectivity index (χ1n) is 9.45. The summed E-state index contributed by atoms with van der Waals surface area (Å²) in [6, 6.07) is 8.06. The molecule has 2 N–H and O–H groups in total. The van der Waals surface area contributed by atoms with Crippen molar-refractivity contribution < 1.29 is 19.8 Å². The molecule has 1 aliphatic heterocycles. The summed E-state index contributed by atoms with van der Waals surface area (Å²) in [4.78, 5) is 29.3. The highest BCUT2D eigenvalue weighted by molar-refractivity contribution is 8.01. The smallest absolute Gasteiger partial charge is 0.347 e. The largest absolute Gasteiger partial charge is 0.477 e. The van der Waals surface area contributed by atoms with E-state index >= 15 is 0 Å². The summed E-state index contributed by atoms with van der Waals surface area (Å²) in [7, 11) is 0. The van der Waals surface area contributed by atoms with E-state index in [4.69, 9.17) is 5.11 Å². The molecule has 154 valence electrons. The van der Waals surface area contributed by atoms with Crippen LogP contribution in [0.3, 0.4) is 0 Å². The number of carbonyl (C=O) groups excluding carboxylic acids is 1. The van der Waals surface area contributed by atoms with Crippen molar-refractivity contribution in [2.75, 3.05) is 12.3 Å². The molecular weight excluding hydrogens is 408 g/mol. The average Bonchev–Trinajstić information content (AvgIpc) is 3.28. The van der Waals surface area contributed by atoms with Crippen LogP contribution in [0.15, 0.2) is 47.0 Å². The number of thioether (sulfide) groups is 1. The predicted molar refractivity (Wildman–Crippen MR) is 115 cm³/mol. The van der Waals surface area contributed by atoms with Crippen molar-refractivity contribution in [3.63, 3.8) is 0 Å². The van der Waals surface area contributed by atoms with Crippen LogP contribution in [0.1, 0.15) is 33.6 Å². The maximum Gasteiger partial charge on any atom is 0.347 e. The number of nitrogens with zero attached hydrogens (tertiary/aromatic N) is 2. The number of aryl methyl sites for hydroxylation is 1. The number of aromatic carboxylic acids is 1. The Hall–Kier alpha value is -2.16. The number of likely N-dealkylation sites (tertiary alicyclic amines) is 1. The summed E-state index contributed by atoms with van der Waals surface area (Å²) < 4.78 is 0.690. The fraction of sp³-hybridized carbons (Fsp3) is 0.381. The lowest BCUT2D eigenvalue weighted by Gasteiger charge is -2.22. The number of amides is 1. The number of aliphatic hydroxyl groups is 1. The van der Waals surface area contributed by atoms with E-state index in [9.17, 15) is 14.7 Å². The Morgan fingerprint density at radius 3 is 3.03 bits per heavy atom. The first-order chi connectivity index (χ1) is 13.9. The van der Waals surface area contributed by atoms with Crippen molar-refractivity contribution in [2.45, 2.75) is 42.7 Å². The molecule has 1 fully saturated rings. The lowest BCUT2D eigenvalue weighted by atomic mass is 10.0. The molecule has 1 amide bonds. The monoisotopic (exact) mass is 432 g/mol. The van der Waals surface area contributed by atoms with Gasteiger partial charge < -0.3 is 15.1 Å². The van der Waals surface area contributed by atoms with Crippen LogP contribution in [-0.2, 0) is 11.2 Å². The van der Waals surface area contributed by atoms with Crippen molar-refractivity contribution in [3.05, 3.63) is 58.6 Å². The maximum atomic E-state index is 12.2. The Kier molecular flexibility index (Phi) is 7.46. The van der Waals surface area contributed by atoms with Gasteiger partial charge in [0, 0.05) is 25.1 Å². The van der Waals surface area contributed by atoms with Gasteiger partial charge in [0.25, 0.3) is 0 Å². The minimum absolute atomic E-state index is 0.0128. The Morgan fingerprint density at radius 1 is 1.48 bits per heavy atom. The van der Waals surface area contributed by atoms with Crippen molar-refractivity contribution in [3.8, 4) is 0 Å². The lowest BCUT2D eigenvalue weighted by molar-refractivity contribution is -0.128. The second-order valence-electron chi connectivity index (χ2n) is 6.98. The number of aliphatic hydroxyl groups excluding tert-OH is 1. The SMILES string of the molecule is Cc1cccc(C[C@H](O)C=C[C@H]2CCC(=O)N2CCSc2ncc(C(=O)O)s2)c1. The second kappa shape index (κ2) is 10.0. The van der Waals surface area contributed by atoms with E-state index in [-0.39, 0.29) is 16.8 Å². The van der Waals surface area contributed by atoms with E-state index in [1.807, 2.05) is 36.1 Å². The first-order valence-corrected chi connectivity index (χ1v) is 11.3. The van der Waals surface area contributed by atoms with E-state index < -0.39 is 12.1 Å². The molecule has 1 saturated heterocycles. The zero-order chi connectivity index (χ0) is 20.8. The van der Waals surface area contributed by atoms with Gasteiger partial charge in [-0.25, -0.2) is 9.78 Å². The number of thiazole rings is 1. The van der Waals surface area contributed by atoms with Crippen molar-refractivity contribution in [1.29, 1.82) is 0 Å². The Bertz CT molecular complexity index is 896. The van der Waals surface area contributed by atoms with Gasteiger partial charge in [0.1, 0.15) is 4.88 Å². The third-order valence-electron chi connectivity index (χ3n) is 4.71. The Labute approximate surface area is 178 Å². The van der Waals surface area contributed by atoms with Gasteiger partial charge in [-0.3, -0.25) is 4.79 Å². The molecule has 8 heteroatoms. The average molecular weight is 433 g/mol. The van der Waals surface area contributed by atoms with Crippen molar-refractivity contribution in [2.24, 2.45) is 0 Å². The first kappa shape index (κ1) is 21.5. The molecule has 29 heavy (non-hydrogen) atoms. The third kappa shape index (κ3) is 6.16. The highest BCUT2D eigenvalue weighted by atomic mass is 32.2. The molecule has 0 unspecified atom stereocenters. The van der Waals surface area contributed by atoms with E-state index in [0.29, 0.717) is 29.5 Å². The van der Waals surface area contributed by atoms with Gasteiger partial charge >= 0.3 is 5.97 Å². The van der Waals surface area contributed by atoms with Crippen molar-refractivity contribution >= 4 is 35.0 Å². The minimum Gasteiger partial charge on any atom is -0.477 e. The van der Waals surface area contributed by atoms with Gasteiger partial charge in [0.15, 0.2) is 4.34 Å². The van der Waals surface area contributed by atoms with Gasteiger partial charge in [-0.1, -0.05) is 53.7 Å². The number of carboxylic acid groups (broad SMARTS) is 1. The van der Waals surface area contributed by atoms with E-state index in [1.54, 1.807) is 6.08 Å². The second-order valence-corrected chi connectivity index (χ2v) is 9.36. The molecule has 0 aliphatic carbocycles. The van der Waals surface area contributed by atoms with E-state index in [0.717, 1.165) is 23.3 Å². The van der Waals surface area contributed by atoms with Crippen LogP contribution in [0.25, 0.3) is 0 Å². The standard InChI is InChI=1S/C21H24N2O4S2/c1-14-3-2-4-15(11-14)12-17(24)7-5-16-6-8-19(25)23(16)9-10-28-21-22-13-18(29-21)20(26)27/h2-5,7,11,13,16-17,24H,6,8-10,12H2,1H3,(H,26,27)/t16-,17+/m0/s1. The molecule has 1 aliphatic rings. The van der Waals surface area contributed by atoms with Crippen LogP contribution in [0, 0.1) is 6.92 Å². The number of aromatic nitrogens is 1. The number of rotatable bonds is 9. The lowest BCUT2D eigenvalue weighted by Crippen LogP contribution is -2.33. The normalized spacial score (nSPS) is 17.9. The van der Waals surface area contributed by atoms with Gasteiger partial charge in [-0.2, -0.15) is 0 Å². The predicted octanol–water partition coefficient (Wildman–Crippen LogP) is 3.39. The van der Waals surface area contributed by atoms with Crippen LogP contribution in [0.2, 0.25) is 0 Å². The third-order valence-corrected chi connectivity index (χ3v) is 6.83. The maximum absolute atomic E-state index is 12.2. The fourth-order valence-electron chi connectivity index (χ4n) is 3.31. The molecule has 0 radical (unpaired) electrons. The topological polar surface area (TPSA) is 90.7 Å². The Morgan fingerprint density at radius 2 is 2.31 bits per heavy atom. The molecule has 2 heterocycles. The summed E-state index contributed by atoms with van der Waals surface area (Å²) in [5, 5.41) is 19.3. The zero-order valence-electron chi connectivity index (χ0n) is 16.2. The number of carboxylic acids is 1. The molecule has 0 bridgehead atoms. The molecule has 2 aromatic rings. The quantitative estimate of drug-likeness (QED) is 0.466. The van der Waals surface area contributed by atoms with Crippen LogP contribution in [0.4, 0.5) is 0 Å². The van der Waals surface area contributed by atoms with Gasteiger partial charge in [0.05, 0.1) is 18.3 Å². The summed E-state index contributed by atoms with van der Waals surface area (Å²) >= 11 is 2.60. The number of hydrogen-bond acceptors (Lipinski definition) is 6. The summed E-state index contributed by atoms with van der Waals surface area (Å²) in [6.45, 7) is 2.59. The van der Waals surface area contributed by atoms with Crippen LogP contribution in [-0.4, -0.2) is 56.4 Å². The zero-order valence-corrected chi connectivity index (χ0v) is 17.8. The summed E-state index contributed by atoms with van der Waals surface area (Å²) in [5.74, 6) is -0.216. The van der Waals surface area contributed by atoms with Gasteiger partial charge in [0.2, 0.25) is 5.91 Å². The molecule has 6 nitrogen and oxygen atoms in total. The number of hydrogen-bond donors (Lipinski definition) is 2. The molecule has 1 aromatic heterocycles. The van der Waals surface area contributed by atoms with E-state index in [1.165, 1.54) is 23.5 Å². The van der Waals surface area contributed by atoms with Gasteiger partial charge in [-0.05, 0) is 18.9 Å². The number of carbonyl (C=O) groups is 2. The van der Waals surface area contributed by atoms with Crippen molar-refractivity contribution in [1.82, 2.24) is 9.88 Å². The fourth-order valence-corrected chi connectivity index (χ4v) is 5.14. The van der Waals surface area contributed by atoms with Crippen LogP contribution < -0.4 is 0 Å². The van der Waals surface area contributed by atoms with Gasteiger partial charge in [-0.15, -0.1) is 11.3 Å². The molecule has 2 atom stereocenters. The Balaban J connectivity index is 1.51. The molecule has 0 saturated carbocycles. The summed E-state index contributed by atoms with van der Waals surface area (Å²) in [5.41, 5.74) is 2.25. The van der Waals surface area contributed by atoms with Crippen LogP contribution in [0.5, 0.6) is 0 Å². The highest BCUT2D eigenvalue weighted by Crippen LogP contribution is 2.26. The summed E-state index contributed by atoms with van der Waals surface area (Å²) in [6.07, 6.45) is 6.29. The number of benzene rings is 1. The minimum atomic E-state index is -0.974. The molecule has 1 aromatic carbocycles. The van der Waals surface area contributed by atoms with E-state index in [2.05, 4.69) is 11.1 Å². The molecular formula is C21H24N2O4S2.